The van der Waals surface area contributed by atoms with E-state index in [4.69, 9.17) is 9.97 Å². The first-order valence-electron chi connectivity index (χ1n) is 17.0. The van der Waals surface area contributed by atoms with Gasteiger partial charge in [0.05, 0.1) is 22.4 Å². The zero-order chi connectivity index (χ0) is 33.7. The minimum Gasteiger partial charge on any atom is -0.309 e. The van der Waals surface area contributed by atoms with Crippen LogP contribution in [0.15, 0.2) is 176 Å². The van der Waals surface area contributed by atoms with Crippen LogP contribution < -0.4 is 0 Å². The van der Waals surface area contributed by atoms with Gasteiger partial charge in [0, 0.05) is 57.9 Å². The van der Waals surface area contributed by atoms with Crippen LogP contribution >= 0.6 is 0 Å². The van der Waals surface area contributed by atoms with Gasteiger partial charge in [-0.2, -0.15) is 0 Å². The van der Waals surface area contributed by atoms with Gasteiger partial charge in [0.25, 0.3) is 0 Å². The Labute approximate surface area is 294 Å². The molecule has 0 amide bonds. The molecule has 0 bridgehead atoms. The summed E-state index contributed by atoms with van der Waals surface area (Å²) in [5, 5.41) is 5.12. The smallest absolute Gasteiger partial charge is 0.160 e. The minimum atomic E-state index is 0.673. The molecule has 4 heterocycles. The van der Waals surface area contributed by atoms with Gasteiger partial charge in [-0.3, -0.25) is 9.97 Å². The molecule has 0 unspecified atom stereocenters. The lowest BCUT2D eigenvalue weighted by atomic mass is 9.99. The van der Waals surface area contributed by atoms with Crippen molar-refractivity contribution in [3.8, 4) is 61.8 Å². The first-order chi connectivity index (χ1) is 25.3. The second-order valence-electron chi connectivity index (χ2n) is 12.8. The first-order valence-corrected chi connectivity index (χ1v) is 17.0. The average Bonchev–Trinajstić information content (AvgIpc) is 3.56. The Hall–Kier alpha value is -6.98. The summed E-state index contributed by atoms with van der Waals surface area (Å²) in [7, 11) is 0. The quantitative estimate of drug-likeness (QED) is 0.168. The summed E-state index contributed by atoms with van der Waals surface area (Å²) >= 11 is 0. The summed E-state index contributed by atoms with van der Waals surface area (Å²) in [5.74, 6) is 0.673. The maximum Gasteiger partial charge on any atom is 0.160 e. The second kappa shape index (κ2) is 11.9. The van der Waals surface area contributed by atoms with Crippen molar-refractivity contribution in [2.75, 3.05) is 0 Å². The summed E-state index contributed by atoms with van der Waals surface area (Å²) < 4.78 is 2.37. The van der Waals surface area contributed by atoms with Crippen molar-refractivity contribution in [3.05, 3.63) is 176 Å². The lowest BCUT2D eigenvalue weighted by Gasteiger charge is -2.12. The molecule has 0 radical (unpaired) electrons. The monoisotopic (exact) mass is 651 g/mol. The number of aromatic nitrogens is 5. The SMILES string of the molecule is c1cc(-c2ccncc2)cc(-c2cc(-c3cccc(-c4ccncc4)c3)nc(-c3ccc(-n4c5cccc6ccc7cccc4c7c65)cc3)n2)c1. The summed E-state index contributed by atoms with van der Waals surface area (Å²) in [4.78, 5) is 18.8. The first kappa shape index (κ1) is 29.0. The fraction of sp³-hybridized carbons (Fsp3) is 0. The van der Waals surface area contributed by atoms with Crippen LogP contribution in [0.2, 0.25) is 0 Å². The molecular weight excluding hydrogens is 623 g/mol. The van der Waals surface area contributed by atoms with Crippen LogP contribution in [-0.4, -0.2) is 24.5 Å². The number of benzene rings is 6. The van der Waals surface area contributed by atoms with Crippen LogP contribution in [0.1, 0.15) is 0 Å². The van der Waals surface area contributed by atoms with E-state index in [0.29, 0.717) is 5.82 Å². The molecule has 0 aliphatic carbocycles. The van der Waals surface area contributed by atoms with Gasteiger partial charge in [-0.15, -0.1) is 0 Å². The third-order valence-corrected chi connectivity index (χ3v) is 9.78. The van der Waals surface area contributed by atoms with Crippen molar-refractivity contribution in [2.24, 2.45) is 0 Å². The molecule has 5 heteroatoms. The maximum absolute atomic E-state index is 5.19. The van der Waals surface area contributed by atoms with E-state index in [-0.39, 0.29) is 0 Å². The summed E-state index contributed by atoms with van der Waals surface area (Å²) in [5.41, 5.74) is 12.7. The zero-order valence-electron chi connectivity index (χ0n) is 27.5. The molecule has 6 aromatic carbocycles. The molecule has 10 rings (SSSR count). The molecule has 0 saturated carbocycles. The fourth-order valence-corrected chi connectivity index (χ4v) is 7.33. The highest BCUT2D eigenvalue weighted by atomic mass is 15.0. The van der Waals surface area contributed by atoms with E-state index < -0.39 is 0 Å². The molecule has 5 nitrogen and oxygen atoms in total. The Morgan fingerprint density at radius 2 is 0.824 bits per heavy atom. The minimum absolute atomic E-state index is 0.673. The molecule has 0 atom stereocenters. The Morgan fingerprint density at radius 3 is 1.33 bits per heavy atom. The van der Waals surface area contributed by atoms with Crippen LogP contribution in [0.3, 0.4) is 0 Å². The van der Waals surface area contributed by atoms with Crippen LogP contribution in [0, 0.1) is 0 Å². The second-order valence-corrected chi connectivity index (χ2v) is 12.8. The number of hydrogen-bond acceptors (Lipinski definition) is 4. The highest BCUT2D eigenvalue weighted by Gasteiger charge is 2.17. The topological polar surface area (TPSA) is 56.5 Å². The van der Waals surface area contributed by atoms with Gasteiger partial charge in [-0.1, -0.05) is 72.8 Å². The molecule has 10 aromatic rings. The van der Waals surface area contributed by atoms with Gasteiger partial charge in [0.15, 0.2) is 5.82 Å². The van der Waals surface area contributed by atoms with E-state index in [9.17, 15) is 0 Å². The molecule has 238 valence electrons. The molecule has 51 heavy (non-hydrogen) atoms. The standard InChI is InChI=1S/C46H29N5/c1-7-35(30-19-23-47-24-20-30)27-37(9-1)40-29-41(38-10-2-8-36(28-38)31-21-25-48-26-22-31)50-46(49-40)34-15-17-39(18-16-34)51-42-11-3-5-32-13-14-33-6-4-12-43(51)45(33)44(32)42/h1-29H. The van der Waals surface area contributed by atoms with Gasteiger partial charge in [0.2, 0.25) is 0 Å². The van der Waals surface area contributed by atoms with Crippen molar-refractivity contribution in [1.82, 2.24) is 24.5 Å². The molecule has 0 spiro atoms. The Bertz CT molecular complexity index is 2670. The molecular formula is C46H29N5. The highest BCUT2D eigenvalue weighted by Crippen LogP contribution is 2.39. The lowest BCUT2D eigenvalue weighted by Crippen LogP contribution is -1.97. The Balaban J connectivity index is 1.11. The third-order valence-electron chi connectivity index (χ3n) is 9.78. The van der Waals surface area contributed by atoms with E-state index in [1.807, 2.05) is 49.1 Å². The highest BCUT2D eigenvalue weighted by molar-refractivity contribution is 6.24. The molecule has 0 N–H and O–H groups in total. The Kier molecular flexibility index (Phi) is 6.74. The van der Waals surface area contributed by atoms with E-state index in [1.54, 1.807) is 0 Å². The van der Waals surface area contributed by atoms with Gasteiger partial charge >= 0.3 is 0 Å². The predicted octanol–water partition coefficient (Wildman–Crippen LogP) is 11.3. The number of nitrogens with zero attached hydrogens (tertiary/aromatic N) is 5. The third kappa shape index (κ3) is 5.03. The summed E-state index contributed by atoms with van der Waals surface area (Å²) in [6, 6.07) is 53.4. The lowest BCUT2D eigenvalue weighted by molar-refractivity contribution is 1.16. The molecule has 0 aliphatic rings. The van der Waals surface area contributed by atoms with Crippen LogP contribution in [0.25, 0.3) is 94.4 Å². The van der Waals surface area contributed by atoms with Crippen molar-refractivity contribution >= 4 is 32.6 Å². The van der Waals surface area contributed by atoms with Gasteiger partial charge in [-0.05, 0) is 112 Å². The summed E-state index contributed by atoms with van der Waals surface area (Å²) in [6.07, 6.45) is 7.29. The summed E-state index contributed by atoms with van der Waals surface area (Å²) in [6.45, 7) is 0. The van der Waals surface area contributed by atoms with Gasteiger partial charge < -0.3 is 4.57 Å². The van der Waals surface area contributed by atoms with Crippen molar-refractivity contribution in [3.63, 3.8) is 0 Å². The van der Waals surface area contributed by atoms with Crippen molar-refractivity contribution in [1.29, 1.82) is 0 Å². The molecule has 0 aliphatic heterocycles. The molecule has 0 saturated heterocycles. The largest absolute Gasteiger partial charge is 0.309 e. The van der Waals surface area contributed by atoms with Crippen molar-refractivity contribution in [2.45, 2.75) is 0 Å². The van der Waals surface area contributed by atoms with E-state index >= 15 is 0 Å². The van der Waals surface area contributed by atoms with Crippen LogP contribution in [0.5, 0.6) is 0 Å². The van der Waals surface area contributed by atoms with Crippen molar-refractivity contribution < 1.29 is 0 Å². The van der Waals surface area contributed by atoms with E-state index in [2.05, 4.69) is 142 Å². The van der Waals surface area contributed by atoms with E-state index in [1.165, 1.54) is 32.6 Å². The van der Waals surface area contributed by atoms with E-state index in [0.717, 1.165) is 56.0 Å². The number of pyridine rings is 2. The molecule has 4 aromatic heterocycles. The predicted molar refractivity (Wildman–Crippen MR) is 208 cm³/mol. The Morgan fingerprint density at radius 1 is 0.353 bits per heavy atom. The maximum atomic E-state index is 5.19. The number of hydrogen-bond donors (Lipinski definition) is 0. The number of rotatable bonds is 6. The van der Waals surface area contributed by atoms with Gasteiger partial charge in [0.1, 0.15) is 0 Å². The fourth-order valence-electron chi connectivity index (χ4n) is 7.33. The average molecular weight is 652 g/mol. The zero-order valence-corrected chi connectivity index (χ0v) is 27.5. The van der Waals surface area contributed by atoms with Crippen LogP contribution in [0.4, 0.5) is 0 Å². The molecule has 0 fully saturated rings. The van der Waals surface area contributed by atoms with Crippen LogP contribution in [-0.2, 0) is 0 Å². The van der Waals surface area contributed by atoms with Gasteiger partial charge in [-0.25, -0.2) is 9.97 Å². The normalized spacial score (nSPS) is 11.5.